The molecule has 0 saturated carbocycles. The lowest BCUT2D eigenvalue weighted by atomic mass is 10.2. The summed E-state index contributed by atoms with van der Waals surface area (Å²) in [6.07, 6.45) is 0.751. The third-order valence-corrected chi connectivity index (χ3v) is 4.59. The molecule has 0 fully saturated rings. The van der Waals surface area contributed by atoms with E-state index in [4.69, 9.17) is 11.6 Å². The number of aromatic nitrogens is 1. The maximum Gasteiger partial charge on any atom is 0.288 e. The molecular weight excluding hydrogens is 354 g/mol. The first-order chi connectivity index (χ1) is 12.5. The largest absolute Gasteiger partial charge is 0.352 e. The van der Waals surface area contributed by atoms with Gasteiger partial charge in [0.25, 0.3) is 11.6 Å². The summed E-state index contributed by atoms with van der Waals surface area (Å²) in [6, 6.07) is 14.4. The van der Waals surface area contributed by atoms with Crippen LogP contribution in [-0.2, 0) is 6.54 Å². The Kier molecular flexibility index (Phi) is 5.23. The van der Waals surface area contributed by atoms with Crippen molar-refractivity contribution in [1.29, 1.82) is 0 Å². The Morgan fingerprint density at radius 3 is 2.77 bits per heavy atom. The molecule has 6 nitrogen and oxygen atoms in total. The Labute approximate surface area is 155 Å². The van der Waals surface area contributed by atoms with Gasteiger partial charge in [0.15, 0.2) is 0 Å². The monoisotopic (exact) mass is 371 g/mol. The first-order valence-corrected chi connectivity index (χ1v) is 8.62. The lowest BCUT2D eigenvalue weighted by Gasteiger charge is -2.09. The highest BCUT2D eigenvalue weighted by atomic mass is 35.5. The number of carbonyl (C=O) groups excluding carboxylic acids is 1. The summed E-state index contributed by atoms with van der Waals surface area (Å²) in [4.78, 5) is 22.5. The Morgan fingerprint density at radius 1 is 1.23 bits per heavy atom. The van der Waals surface area contributed by atoms with Crippen LogP contribution in [0.3, 0.4) is 0 Å². The van der Waals surface area contributed by atoms with Crippen molar-refractivity contribution in [2.24, 2.45) is 0 Å². The van der Waals surface area contributed by atoms with Gasteiger partial charge in [0.05, 0.1) is 4.92 Å². The fraction of sp³-hybridized carbons (Fsp3) is 0.211. The van der Waals surface area contributed by atoms with Crippen molar-refractivity contribution in [3.8, 4) is 0 Å². The summed E-state index contributed by atoms with van der Waals surface area (Å²) in [7, 11) is 0. The molecule has 1 heterocycles. The Morgan fingerprint density at radius 2 is 2.00 bits per heavy atom. The standard InChI is InChI=1S/C19H18ClN3O3/c1-13-11-14-5-2-3-6-17(14)22(13)10-4-9-21-19(24)15-7-8-16(20)18(12-15)23(25)26/h2-3,5-8,11-12H,4,9-10H2,1H3,(H,21,24). The molecule has 0 unspecified atom stereocenters. The fourth-order valence-electron chi connectivity index (χ4n) is 2.98. The first-order valence-electron chi connectivity index (χ1n) is 8.24. The number of benzene rings is 2. The van der Waals surface area contributed by atoms with E-state index in [0.717, 1.165) is 13.0 Å². The number of nitro groups is 1. The van der Waals surface area contributed by atoms with Crippen molar-refractivity contribution in [1.82, 2.24) is 9.88 Å². The third-order valence-electron chi connectivity index (χ3n) is 4.27. The van der Waals surface area contributed by atoms with E-state index in [1.807, 2.05) is 12.1 Å². The van der Waals surface area contributed by atoms with Crippen LogP contribution in [0.15, 0.2) is 48.5 Å². The number of halogens is 1. The molecule has 0 bridgehead atoms. The highest BCUT2D eigenvalue weighted by Crippen LogP contribution is 2.25. The van der Waals surface area contributed by atoms with Gasteiger partial charge in [0, 0.05) is 35.9 Å². The molecule has 1 N–H and O–H groups in total. The molecule has 0 saturated heterocycles. The smallest absolute Gasteiger partial charge is 0.288 e. The first kappa shape index (κ1) is 17.9. The number of aryl methyl sites for hydroxylation is 2. The number of hydrogen-bond donors (Lipinski definition) is 1. The van der Waals surface area contributed by atoms with Crippen LogP contribution in [0, 0.1) is 17.0 Å². The number of hydrogen-bond acceptors (Lipinski definition) is 3. The van der Waals surface area contributed by atoms with Crippen LogP contribution in [0.1, 0.15) is 22.5 Å². The van der Waals surface area contributed by atoms with E-state index in [9.17, 15) is 14.9 Å². The predicted molar refractivity (Wildman–Crippen MR) is 102 cm³/mol. The maximum atomic E-state index is 12.2. The van der Waals surface area contributed by atoms with Gasteiger partial charge in [-0.3, -0.25) is 14.9 Å². The molecule has 0 atom stereocenters. The molecule has 134 valence electrons. The minimum absolute atomic E-state index is 0.0153. The van der Waals surface area contributed by atoms with Crippen molar-refractivity contribution in [3.05, 3.63) is 74.9 Å². The van der Waals surface area contributed by atoms with Crippen LogP contribution in [0.2, 0.25) is 5.02 Å². The van der Waals surface area contributed by atoms with Gasteiger partial charge in [-0.1, -0.05) is 29.8 Å². The topological polar surface area (TPSA) is 77.2 Å². The molecule has 3 rings (SSSR count). The number of para-hydroxylation sites is 1. The van der Waals surface area contributed by atoms with E-state index in [2.05, 4.69) is 35.0 Å². The molecule has 0 radical (unpaired) electrons. The number of nitrogens with one attached hydrogen (secondary N) is 1. The number of amides is 1. The van der Waals surface area contributed by atoms with Gasteiger partial charge in [-0.05, 0) is 43.0 Å². The van der Waals surface area contributed by atoms with Crippen LogP contribution >= 0.6 is 11.6 Å². The molecule has 1 amide bonds. The number of nitrogens with zero attached hydrogens (tertiary/aromatic N) is 2. The summed E-state index contributed by atoms with van der Waals surface area (Å²) in [5, 5.41) is 14.9. The number of nitro benzene ring substituents is 1. The second-order valence-corrected chi connectivity index (χ2v) is 6.44. The van der Waals surface area contributed by atoms with Gasteiger partial charge in [-0.15, -0.1) is 0 Å². The molecule has 7 heteroatoms. The van der Waals surface area contributed by atoms with Gasteiger partial charge in [0.2, 0.25) is 0 Å². The molecule has 0 aliphatic carbocycles. The van der Waals surface area contributed by atoms with Crippen LogP contribution < -0.4 is 5.32 Å². The second-order valence-electron chi connectivity index (χ2n) is 6.03. The van der Waals surface area contributed by atoms with E-state index in [1.54, 1.807) is 0 Å². The van der Waals surface area contributed by atoms with E-state index in [-0.39, 0.29) is 22.2 Å². The second kappa shape index (κ2) is 7.58. The number of fused-ring (bicyclic) bond motifs is 1. The van der Waals surface area contributed by atoms with Gasteiger partial charge in [-0.2, -0.15) is 0 Å². The van der Waals surface area contributed by atoms with Crippen molar-refractivity contribution < 1.29 is 9.72 Å². The predicted octanol–water partition coefficient (Wildman–Crippen LogP) is 4.33. The zero-order valence-electron chi connectivity index (χ0n) is 14.2. The van der Waals surface area contributed by atoms with Gasteiger partial charge in [0.1, 0.15) is 5.02 Å². The highest BCUT2D eigenvalue weighted by Gasteiger charge is 2.16. The zero-order valence-corrected chi connectivity index (χ0v) is 15.0. The number of carbonyl (C=O) groups is 1. The molecule has 3 aromatic rings. The maximum absolute atomic E-state index is 12.2. The Balaban J connectivity index is 1.60. The molecule has 0 aliphatic rings. The summed E-state index contributed by atoms with van der Waals surface area (Å²) in [5.41, 5.74) is 2.30. The lowest BCUT2D eigenvalue weighted by Crippen LogP contribution is -2.25. The minimum atomic E-state index is -0.598. The quantitative estimate of drug-likeness (QED) is 0.398. The summed E-state index contributed by atoms with van der Waals surface area (Å²) in [5.74, 6) is -0.348. The van der Waals surface area contributed by atoms with E-state index < -0.39 is 4.92 Å². The van der Waals surface area contributed by atoms with E-state index >= 15 is 0 Å². The third kappa shape index (κ3) is 3.70. The summed E-state index contributed by atoms with van der Waals surface area (Å²) in [6.45, 7) is 3.31. The van der Waals surface area contributed by atoms with Gasteiger partial charge < -0.3 is 9.88 Å². The molecule has 26 heavy (non-hydrogen) atoms. The van der Waals surface area contributed by atoms with Crippen LogP contribution in [0.5, 0.6) is 0 Å². The summed E-state index contributed by atoms with van der Waals surface area (Å²) < 4.78 is 2.22. The molecular formula is C19H18ClN3O3. The van der Waals surface area contributed by atoms with Crippen LogP contribution in [-0.4, -0.2) is 21.9 Å². The van der Waals surface area contributed by atoms with Gasteiger partial charge >= 0.3 is 0 Å². The fourth-order valence-corrected chi connectivity index (χ4v) is 3.17. The molecule has 1 aromatic heterocycles. The van der Waals surface area contributed by atoms with E-state index in [1.165, 1.54) is 34.8 Å². The number of rotatable bonds is 6. The van der Waals surface area contributed by atoms with Crippen molar-refractivity contribution in [2.45, 2.75) is 19.9 Å². The van der Waals surface area contributed by atoms with Crippen LogP contribution in [0.4, 0.5) is 5.69 Å². The minimum Gasteiger partial charge on any atom is -0.352 e. The van der Waals surface area contributed by atoms with Crippen LogP contribution in [0.25, 0.3) is 10.9 Å². The van der Waals surface area contributed by atoms with Crippen molar-refractivity contribution in [3.63, 3.8) is 0 Å². The average molecular weight is 372 g/mol. The summed E-state index contributed by atoms with van der Waals surface area (Å²) >= 11 is 5.77. The lowest BCUT2D eigenvalue weighted by molar-refractivity contribution is -0.384. The molecule has 2 aromatic carbocycles. The molecule has 0 spiro atoms. The van der Waals surface area contributed by atoms with E-state index in [0.29, 0.717) is 6.54 Å². The highest BCUT2D eigenvalue weighted by molar-refractivity contribution is 6.32. The average Bonchev–Trinajstić information content (AvgIpc) is 2.94. The van der Waals surface area contributed by atoms with Gasteiger partial charge in [-0.25, -0.2) is 0 Å². The molecule has 0 aliphatic heterocycles. The Bertz CT molecular complexity index is 981. The normalized spacial score (nSPS) is 10.8. The van der Waals surface area contributed by atoms with Crippen molar-refractivity contribution in [2.75, 3.05) is 6.54 Å². The van der Waals surface area contributed by atoms with Crippen molar-refractivity contribution >= 4 is 34.1 Å². The zero-order chi connectivity index (χ0) is 18.7. The Hall–Kier alpha value is -2.86. The SMILES string of the molecule is Cc1cc2ccccc2n1CCCNC(=O)c1ccc(Cl)c([N+](=O)[O-])c1.